The van der Waals surface area contributed by atoms with E-state index in [1.165, 1.54) is 24.1 Å². The Morgan fingerprint density at radius 1 is 1.38 bits per heavy atom. The van der Waals surface area contributed by atoms with E-state index in [-0.39, 0.29) is 0 Å². The van der Waals surface area contributed by atoms with Crippen molar-refractivity contribution in [2.24, 2.45) is 0 Å². The number of halogens is 2. The molecule has 3 heteroatoms. The fraction of sp³-hybridized carbons (Fsp3) is 0.200. The number of rotatable bonds is 1. The van der Waals surface area contributed by atoms with Gasteiger partial charge in [0.1, 0.15) is 0 Å². The molecule has 0 unspecified atom stereocenters. The van der Waals surface area contributed by atoms with Crippen LogP contribution in [-0.2, 0) is 5.88 Å². The molecule has 2 rings (SSSR count). The molecule has 2 aromatic rings. The maximum absolute atomic E-state index is 5.81. The van der Waals surface area contributed by atoms with Crippen LogP contribution in [0.5, 0.6) is 0 Å². The van der Waals surface area contributed by atoms with Crippen LogP contribution in [0.4, 0.5) is 0 Å². The van der Waals surface area contributed by atoms with Gasteiger partial charge in [-0.1, -0.05) is 0 Å². The minimum absolute atomic E-state index is 0.600. The normalized spacial score (nSPS) is 11.0. The summed E-state index contributed by atoms with van der Waals surface area (Å²) in [7, 11) is 0. The maximum atomic E-state index is 5.81. The van der Waals surface area contributed by atoms with Gasteiger partial charge in [-0.15, -0.1) is 22.9 Å². The van der Waals surface area contributed by atoms with Gasteiger partial charge in [0.2, 0.25) is 0 Å². The standard InChI is InChI=1S/C10H8ClIS/c1-6-2-8-9(12)3-7(5-11)4-10(8)13-6/h2-4H,5H2,1H3. The maximum Gasteiger partial charge on any atom is 0.0474 e. The Morgan fingerprint density at radius 2 is 2.15 bits per heavy atom. The van der Waals surface area contributed by atoms with Gasteiger partial charge in [0.15, 0.2) is 0 Å². The third-order valence-electron chi connectivity index (χ3n) is 1.92. The van der Waals surface area contributed by atoms with Gasteiger partial charge in [0, 0.05) is 24.4 Å². The lowest BCUT2D eigenvalue weighted by molar-refractivity contribution is 1.42. The monoisotopic (exact) mass is 322 g/mol. The highest BCUT2D eigenvalue weighted by Crippen LogP contribution is 2.30. The molecule has 68 valence electrons. The highest BCUT2D eigenvalue weighted by Gasteiger charge is 2.04. The summed E-state index contributed by atoms with van der Waals surface area (Å²) >= 11 is 10.0. The molecule has 0 nitrogen and oxygen atoms in total. The van der Waals surface area contributed by atoms with Crippen LogP contribution >= 0.6 is 45.5 Å². The molecule has 1 aromatic heterocycles. The summed E-state index contributed by atoms with van der Waals surface area (Å²) in [4.78, 5) is 1.36. The van der Waals surface area contributed by atoms with Crippen LogP contribution in [0.2, 0.25) is 0 Å². The van der Waals surface area contributed by atoms with Crippen molar-refractivity contribution in [2.75, 3.05) is 0 Å². The zero-order valence-electron chi connectivity index (χ0n) is 7.10. The van der Waals surface area contributed by atoms with Gasteiger partial charge in [-0.05, 0) is 53.3 Å². The van der Waals surface area contributed by atoms with E-state index in [2.05, 4.69) is 47.7 Å². The van der Waals surface area contributed by atoms with Crippen LogP contribution in [0.3, 0.4) is 0 Å². The molecule has 0 atom stereocenters. The first-order valence-electron chi connectivity index (χ1n) is 3.95. The zero-order valence-corrected chi connectivity index (χ0v) is 10.8. The van der Waals surface area contributed by atoms with E-state index in [9.17, 15) is 0 Å². The lowest BCUT2D eigenvalue weighted by Crippen LogP contribution is -1.79. The lowest BCUT2D eigenvalue weighted by atomic mass is 10.2. The van der Waals surface area contributed by atoms with Gasteiger partial charge in [-0.2, -0.15) is 0 Å². The van der Waals surface area contributed by atoms with Gasteiger partial charge < -0.3 is 0 Å². The molecule has 0 radical (unpaired) electrons. The third-order valence-corrected chi connectivity index (χ3v) is 4.12. The van der Waals surface area contributed by atoms with Crippen molar-refractivity contribution in [3.63, 3.8) is 0 Å². The number of fused-ring (bicyclic) bond motifs is 1. The molecule has 0 saturated carbocycles. The molecule has 0 amide bonds. The van der Waals surface area contributed by atoms with E-state index in [1.807, 2.05) is 11.3 Å². The summed E-state index contributed by atoms with van der Waals surface area (Å²) in [6, 6.07) is 6.57. The first kappa shape index (κ1) is 9.74. The van der Waals surface area contributed by atoms with Crippen molar-refractivity contribution in [1.82, 2.24) is 0 Å². The van der Waals surface area contributed by atoms with E-state index in [0.29, 0.717) is 5.88 Å². The van der Waals surface area contributed by atoms with Crippen molar-refractivity contribution < 1.29 is 0 Å². The van der Waals surface area contributed by atoms with Crippen LogP contribution in [0.15, 0.2) is 18.2 Å². The molecular formula is C10H8ClIS. The van der Waals surface area contributed by atoms with Crippen LogP contribution in [-0.4, -0.2) is 0 Å². The van der Waals surface area contributed by atoms with Crippen LogP contribution in [0.25, 0.3) is 10.1 Å². The van der Waals surface area contributed by atoms with Gasteiger partial charge in [-0.25, -0.2) is 0 Å². The Bertz CT molecular complexity index is 447. The molecule has 0 spiro atoms. The quantitative estimate of drug-likeness (QED) is 0.533. The zero-order chi connectivity index (χ0) is 9.42. The van der Waals surface area contributed by atoms with E-state index in [4.69, 9.17) is 11.6 Å². The van der Waals surface area contributed by atoms with Gasteiger partial charge in [0.25, 0.3) is 0 Å². The number of hydrogen-bond acceptors (Lipinski definition) is 1. The Balaban J connectivity index is 2.75. The van der Waals surface area contributed by atoms with E-state index in [0.717, 1.165) is 0 Å². The third kappa shape index (κ3) is 1.85. The number of benzene rings is 1. The second-order valence-corrected chi connectivity index (χ2v) is 5.70. The average molecular weight is 323 g/mol. The summed E-state index contributed by atoms with van der Waals surface area (Å²) in [5.41, 5.74) is 1.21. The van der Waals surface area contributed by atoms with E-state index in [1.54, 1.807) is 0 Å². The molecule has 0 aliphatic heterocycles. The topological polar surface area (TPSA) is 0 Å². The minimum atomic E-state index is 0.600. The fourth-order valence-corrected chi connectivity index (χ4v) is 3.55. The Labute approximate surface area is 100 Å². The van der Waals surface area contributed by atoms with Crippen molar-refractivity contribution in [3.8, 4) is 0 Å². The van der Waals surface area contributed by atoms with Crippen molar-refractivity contribution in [1.29, 1.82) is 0 Å². The minimum Gasteiger partial charge on any atom is -0.141 e. The molecule has 0 aliphatic rings. The predicted octanol–water partition coefficient (Wildman–Crippen LogP) is 4.55. The summed E-state index contributed by atoms with van der Waals surface area (Å²) in [6.45, 7) is 2.14. The molecular weight excluding hydrogens is 315 g/mol. The largest absolute Gasteiger partial charge is 0.141 e. The van der Waals surface area contributed by atoms with Gasteiger partial charge >= 0.3 is 0 Å². The summed E-state index contributed by atoms with van der Waals surface area (Å²) < 4.78 is 2.65. The SMILES string of the molecule is Cc1cc2c(I)cc(CCl)cc2s1. The smallest absolute Gasteiger partial charge is 0.0474 e. The molecule has 0 N–H and O–H groups in total. The Morgan fingerprint density at radius 3 is 2.85 bits per heavy atom. The second kappa shape index (κ2) is 3.75. The molecule has 1 aromatic carbocycles. The lowest BCUT2D eigenvalue weighted by Gasteiger charge is -1.98. The first-order valence-corrected chi connectivity index (χ1v) is 6.38. The van der Waals surface area contributed by atoms with Crippen LogP contribution in [0, 0.1) is 10.5 Å². The number of alkyl halides is 1. The number of aryl methyl sites for hydroxylation is 1. The molecule has 0 aliphatic carbocycles. The van der Waals surface area contributed by atoms with Gasteiger partial charge in [0.05, 0.1) is 0 Å². The summed E-state index contributed by atoms with van der Waals surface area (Å²) in [6.07, 6.45) is 0. The highest BCUT2D eigenvalue weighted by molar-refractivity contribution is 14.1. The van der Waals surface area contributed by atoms with Crippen LogP contribution < -0.4 is 0 Å². The van der Waals surface area contributed by atoms with Crippen LogP contribution in [0.1, 0.15) is 10.4 Å². The number of thiophene rings is 1. The Kier molecular flexibility index (Phi) is 2.81. The van der Waals surface area contributed by atoms with E-state index < -0.39 is 0 Å². The molecule has 0 fully saturated rings. The Hall–Kier alpha value is 0.200. The summed E-state index contributed by atoms with van der Waals surface area (Å²) in [5.74, 6) is 0.600. The fourth-order valence-electron chi connectivity index (χ4n) is 1.35. The molecule has 13 heavy (non-hydrogen) atoms. The molecule has 0 bridgehead atoms. The van der Waals surface area contributed by atoms with Gasteiger partial charge in [-0.3, -0.25) is 0 Å². The first-order chi connectivity index (χ1) is 6.20. The average Bonchev–Trinajstić information content (AvgIpc) is 2.46. The van der Waals surface area contributed by atoms with Crippen molar-refractivity contribution in [2.45, 2.75) is 12.8 Å². The molecule has 1 heterocycles. The van der Waals surface area contributed by atoms with E-state index >= 15 is 0 Å². The van der Waals surface area contributed by atoms with Crippen molar-refractivity contribution in [3.05, 3.63) is 32.2 Å². The predicted molar refractivity (Wildman–Crippen MR) is 68.8 cm³/mol. The number of hydrogen-bond donors (Lipinski definition) is 0. The second-order valence-electron chi connectivity index (χ2n) is 2.98. The summed E-state index contributed by atoms with van der Waals surface area (Å²) in [5, 5.41) is 1.36. The van der Waals surface area contributed by atoms with Crippen molar-refractivity contribution >= 4 is 55.6 Å². The highest BCUT2D eigenvalue weighted by atomic mass is 127. The molecule has 0 saturated heterocycles.